The first-order valence-corrected chi connectivity index (χ1v) is 8.75. The van der Waals surface area contributed by atoms with Crippen LogP contribution >= 0.6 is 0 Å². The number of hydrogen-bond acceptors (Lipinski definition) is 5. The molecule has 1 aromatic heterocycles. The van der Waals surface area contributed by atoms with Crippen molar-refractivity contribution in [3.05, 3.63) is 36.2 Å². The van der Waals surface area contributed by atoms with Gasteiger partial charge in [-0.15, -0.1) is 0 Å². The molecule has 0 amide bonds. The summed E-state index contributed by atoms with van der Waals surface area (Å²) < 4.78 is 39.5. The van der Waals surface area contributed by atoms with Crippen molar-refractivity contribution in [2.45, 2.75) is 50.7 Å². The normalized spacial score (nSPS) is 16.1. The maximum absolute atomic E-state index is 13.2. The van der Waals surface area contributed by atoms with Gasteiger partial charge in [-0.25, -0.2) is 9.97 Å². The number of benzene rings is 1. The Morgan fingerprint density at radius 2 is 1.62 bits per heavy atom. The number of nitrogens with zero attached hydrogens (tertiary/aromatic N) is 2. The van der Waals surface area contributed by atoms with Crippen LogP contribution in [0.25, 0.3) is 0 Å². The summed E-state index contributed by atoms with van der Waals surface area (Å²) in [6.07, 6.45) is 3.63. The Bertz CT molecular complexity index is 740. The molecular weight excluding hydrogens is 343 g/mol. The van der Waals surface area contributed by atoms with Crippen LogP contribution in [-0.4, -0.2) is 16.0 Å². The van der Waals surface area contributed by atoms with Crippen molar-refractivity contribution in [3.8, 4) is 0 Å². The van der Waals surface area contributed by atoms with Gasteiger partial charge in [0.15, 0.2) is 11.6 Å². The molecule has 8 heteroatoms. The van der Waals surface area contributed by atoms with Gasteiger partial charge in [0.1, 0.15) is 12.0 Å². The highest BCUT2D eigenvalue weighted by Gasteiger charge is 2.33. The molecule has 0 saturated heterocycles. The summed E-state index contributed by atoms with van der Waals surface area (Å²) in [6, 6.07) is 5.51. The number of hydrogen-bond donors (Lipinski definition) is 3. The molecule has 2 aromatic rings. The average Bonchev–Trinajstić information content (AvgIpc) is 2.87. The van der Waals surface area contributed by atoms with E-state index in [1.807, 2.05) is 0 Å². The summed E-state index contributed by atoms with van der Waals surface area (Å²) in [5, 5.41) is 6.02. The van der Waals surface area contributed by atoms with Crippen LogP contribution in [0.1, 0.15) is 44.1 Å². The second kappa shape index (κ2) is 7.80. The van der Waals surface area contributed by atoms with Crippen molar-refractivity contribution >= 4 is 23.0 Å². The fourth-order valence-electron chi connectivity index (χ4n) is 3.19. The van der Waals surface area contributed by atoms with Crippen LogP contribution in [0.5, 0.6) is 0 Å². The zero-order valence-corrected chi connectivity index (χ0v) is 14.3. The SMILES string of the molecule is Nc1c(Nc2ccccc2C(F)(F)F)ncnc1NC1CCCCCC1. The first-order chi connectivity index (χ1) is 12.4. The molecule has 1 aliphatic carbocycles. The Labute approximate surface area is 150 Å². The number of nitrogens with two attached hydrogens (primary N) is 1. The topological polar surface area (TPSA) is 75.9 Å². The van der Waals surface area contributed by atoms with Gasteiger partial charge in [0.05, 0.1) is 11.3 Å². The molecule has 0 atom stereocenters. The van der Waals surface area contributed by atoms with Crippen LogP contribution in [0.15, 0.2) is 30.6 Å². The van der Waals surface area contributed by atoms with Gasteiger partial charge in [0.2, 0.25) is 0 Å². The lowest BCUT2D eigenvalue weighted by Crippen LogP contribution is -2.20. The van der Waals surface area contributed by atoms with E-state index in [-0.39, 0.29) is 23.2 Å². The largest absolute Gasteiger partial charge is 0.418 e. The van der Waals surface area contributed by atoms with E-state index in [9.17, 15) is 13.2 Å². The van der Waals surface area contributed by atoms with E-state index >= 15 is 0 Å². The molecule has 1 aromatic carbocycles. The molecule has 4 N–H and O–H groups in total. The minimum absolute atomic E-state index is 0.0918. The maximum atomic E-state index is 13.2. The lowest BCUT2D eigenvalue weighted by Gasteiger charge is -2.20. The fraction of sp³-hybridized carbons (Fsp3) is 0.444. The Morgan fingerprint density at radius 3 is 2.31 bits per heavy atom. The van der Waals surface area contributed by atoms with Crippen LogP contribution in [-0.2, 0) is 6.18 Å². The summed E-state index contributed by atoms with van der Waals surface area (Å²) in [4.78, 5) is 8.18. The molecule has 0 unspecified atom stereocenters. The fourth-order valence-corrected chi connectivity index (χ4v) is 3.19. The second-order valence-corrected chi connectivity index (χ2v) is 6.49. The van der Waals surface area contributed by atoms with E-state index in [4.69, 9.17) is 5.73 Å². The first-order valence-electron chi connectivity index (χ1n) is 8.75. The Balaban J connectivity index is 1.82. The Morgan fingerprint density at radius 1 is 0.962 bits per heavy atom. The van der Waals surface area contributed by atoms with Crippen molar-refractivity contribution in [1.29, 1.82) is 0 Å². The highest BCUT2D eigenvalue weighted by molar-refractivity contribution is 5.78. The smallest absolute Gasteiger partial charge is 0.393 e. The summed E-state index contributed by atoms with van der Waals surface area (Å²) in [5.41, 5.74) is 5.47. The quantitative estimate of drug-likeness (QED) is 0.668. The third-order valence-electron chi connectivity index (χ3n) is 4.57. The van der Waals surface area contributed by atoms with Crippen molar-refractivity contribution in [1.82, 2.24) is 9.97 Å². The summed E-state index contributed by atoms with van der Waals surface area (Å²) in [7, 11) is 0. The summed E-state index contributed by atoms with van der Waals surface area (Å²) in [6.45, 7) is 0. The van der Waals surface area contributed by atoms with Crippen molar-refractivity contribution in [3.63, 3.8) is 0 Å². The molecule has 1 heterocycles. The number of rotatable bonds is 4. The highest BCUT2D eigenvalue weighted by atomic mass is 19.4. The minimum atomic E-state index is -4.47. The van der Waals surface area contributed by atoms with E-state index in [0.717, 1.165) is 31.7 Å². The molecule has 0 aliphatic heterocycles. The number of nitrogens with one attached hydrogen (secondary N) is 2. The Kier molecular flexibility index (Phi) is 5.49. The summed E-state index contributed by atoms with van der Waals surface area (Å²) >= 11 is 0. The number of aromatic nitrogens is 2. The van der Waals surface area contributed by atoms with Gasteiger partial charge in [-0.2, -0.15) is 13.2 Å². The van der Waals surface area contributed by atoms with E-state index in [1.165, 1.54) is 37.4 Å². The molecule has 3 rings (SSSR count). The monoisotopic (exact) mass is 365 g/mol. The van der Waals surface area contributed by atoms with E-state index in [1.54, 1.807) is 0 Å². The van der Waals surface area contributed by atoms with Crippen LogP contribution in [0.4, 0.5) is 36.2 Å². The molecule has 5 nitrogen and oxygen atoms in total. The van der Waals surface area contributed by atoms with Crippen molar-refractivity contribution < 1.29 is 13.2 Å². The van der Waals surface area contributed by atoms with Crippen molar-refractivity contribution in [2.75, 3.05) is 16.4 Å². The van der Waals surface area contributed by atoms with Gasteiger partial charge in [-0.1, -0.05) is 37.8 Å². The predicted molar refractivity (Wildman–Crippen MR) is 96.3 cm³/mol. The van der Waals surface area contributed by atoms with Gasteiger partial charge in [-0.3, -0.25) is 0 Å². The third-order valence-corrected chi connectivity index (χ3v) is 4.57. The molecule has 140 valence electrons. The zero-order valence-electron chi connectivity index (χ0n) is 14.3. The molecule has 26 heavy (non-hydrogen) atoms. The second-order valence-electron chi connectivity index (χ2n) is 6.49. The number of anilines is 4. The summed E-state index contributed by atoms with van der Waals surface area (Å²) in [5.74, 6) is 0.617. The van der Waals surface area contributed by atoms with Gasteiger partial charge in [0.25, 0.3) is 0 Å². The number of para-hydroxylation sites is 1. The number of halogens is 3. The molecular formula is C18H22F3N5. The predicted octanol–water partition coefficient (Wildman–Crippen LogP) is 4.96. The van der Waals surface area contributed by atoms with E-state index < -0.39 is 11.7 Å². The van der Waals surface area contributed by atoms with Gasteiger partial charge in [0, 0.05) is 6.04 Å². The van der Waals surface area contributed by atoms with Gasteiger partial charge < -0.3 is 16.4 Å². The molecule has 1 saturated carbocycles. The van der Waals surface area contributed by atoms with E-state index in [0.29, 0.717) is 5.82 Å². The lowest BCUT2D eigenvalue weighted by atomic mass is 10.1. The average molecular weight is 365 g/mol. The highest BCUT2D eigenvalue weighted by Crippen LogP contribution is 2.37. The van der Waals surface area contributed by atoms with Crippen LogP contribution in [0.3, 0.4) is 0 Å². The minimum Gasteiger partial charge on any atom is -0.393 e. The third kappa shape index (κ3) is 4.36. The van der Waals surface area contributed by atoms with Crippen LogP contribution in [0.2, 0.25) is 0 Å². The maximum Gasteiger partial charge on any atom is 0.418 e. The van der Waals surface area contributed by atoms with Gasteiger partial charge >= 0.3 is 6.18 Å². The molecule has 1 fully saturated rings. The molecule has 0 radical (unpaired) electrons. The number of nitrogen functional groups attached to an aromatic ring is 1. The zero-order chi connectivity index (χ0) is 18.6. The number of alkyl halides is 3. The van der Waals surface area contributed by atoms with E-state index in [2.05, 4.69) is 20.6 Å². The van der Waals surface area contributed by atoms with Gasteiger partial charge in [-0.05, 0) is 25.0 Å². The first kappa shape index (κ1) is 18.3. The van der Waals surface area contributed by atoms with Crippen LogP contribution < -0.4 is 16.4 Å². The molecule has 0 spiro atoms. The Hall–Kier alpha value is -2.51. The van der Waals surface area contributed by atoms with Crippen LogP contribution in [0, 0.1) is 0 Å². The van der Waals surface area contributed by atoms with Crippen molar-refractivity contribution in [2.24, 2.45) is 0 Å². The lowest BCUT2D eigenvalue weighted by molar-refractivity contribution is -0.136. The molecule has 0 bridgehead atoms. The standard InChI is InChI=1S/C18H22F3N5/c19-18(20,21)13-9-5-6-10-14(13)26-17-15(22)16(23-11-24-17)25-12-7-3-1-2-4-8-12/h5-6,9-12H,1-4,7-8,22H2,(H2,23,24,25,26). The molecule has 1 aliphatic rings.